The van der Waals surface area contributed by atoms with Gasteiger partial charge >= 0.3 is 5.97 Å². The summed E-state index contributed by atoms with van der Waals surface area (Å²) >= 11 is 0. The van der Waals surface area contributed by atoms with E-state index in [0.717, 1.165) is 12.8 Å². The Kier molecular flexibility index (Phi) is 2.46. The number of rotatable bonds is 1. The number of primary amides is 1. The van der Waals surface area contributed by atoms with Crippen LogP contribution in [0.4, 0.5) is 0 Å². The third kappa shape index (κ3) is 1.93. The van der Waals surface area contributed by atoms with Crippen molar-refractivity contribution in [3.8, 4) is 0 Å². The van der Waals surface area contributed by atoms with Crippen LogP contribution in [0.15, 0.2) is 0 Å². The van der Waals surface area contributed by atoms with E-state index >= 15 is 0 Å². The fourth-order valence-corrected chi connectivity index (χ4v) is 1.10. The maximum atomic E-state index is 10.9. The van der Waals surface area contributed by atoms with E-state index in [1.54, 1.807) is 0 Å². The first-order valence-corrected chi connectivity index (χ1v) is 3.68. The number of carbonyl (C=O) groups excluding carboxylic acids is 2. The van der Waals surface area contributed by atoms with Crippen LogP contribution < -0.4 is 5.73 Å². The molecule has 11 heavy (non-hydrogen) atoms. The number of amides is 1. The van der Waals surface area contributed by atoms with E-state index in [2.05, 4.69) is 0 Å². The molecule has 1 fully saturated rings. The molecule has 1 aliphatic rings. The molecule has 62 valence electrons. The Morgan fingerprint density at radius 3 is 2.91 bits per heavy atom. The zero-order valence-corrected chi connectivity index (χ0v) is 6.21. The predicted octanol–water partition coefficient (Wildman–Crippen LogP) is -0.185. The van der Waals surface area contributed by atoms with Crippen molar-refractivity contribution in [3.63, 3.8) is 0 Å². The summed E-state index contributed by atoms with van der Waals surface area (Å²) in [6, 6.07) is 0. The topological polar surface area (TPSA) is 69.4 Å². The minimum absolute atomic E-state index is 0.419. The molecule has 0 radical (unpaired) electrons. The molecule has 1 aliphatic heterocycles. The van der Waals surface area contributed by atoms with Crippen molar-refractivity contribution in [2.24, 2.45) is 11.7 Å². The second-order valence-electron chi connectivity index (χ2n) is 2.62. The van der Waals surface area contributed by atoms with Gasteiger partial charge in [0.15, 0.2) is 0 Å². The minimum atomic E-state index is -0.711. The van der Waals surface area contributed by atoms with Crippen molar-refractivity contribution < 1.29 is 14.3 Å². The summed E-state index contributed by atoms with van der Waals surface area (Å²) in [5, 5.41) is 0. The SMILES string of the molecule is NC(=O)[C@@H]1CCCCOC1=O. The number of carbonyl (C=O) groups is 2. The van der Waals surface area contributed by atoms with Gasteiger partial charge in [-0.05, 0) is 19.3 Å². The van der Waals surface area contributed by atoms with E-state index in [1.165, 1.54) is 0 Å². The molecule has 2 N–H and O–H groups in total. The van der Waals surface area contributed by atoms with Gasteiger partial charge < -0.3 is 10.5 Å². The second-order valence-corrected chi connectivity index (χ2v) is 2.62. The molecule has 4 nitrogen and oxygen atoms in total. The van der Waals surface area contributed by atoms with Gasteiger partial charge in [-0.25, -0.2) is 0 Å². The van der Waals surface area contributed by atoms with E-state index < -0.39 is 17.8 Å². The summed E-state index contributed by atoms with van der Waals surface area (Å²) in [5.41, 5.74) is 4.99. The number of nitrogens with two attached hydrogens (primary N) is 1. The zero-order chi connectivity index (χ0) is 8.27. The van der Waals surface area contributed by atoms with E-state index in [9.17, 15) is 9.59 Å². The highest BCUT2D eigenvalue weighted by molar-refractivity contribution is 5.96. The van der Waals surface area contributed by atoms with E-state index in [-0.39, 0.29) is 0 Å². The molecule has 0 bridgehead atoms. The molecule has 4 heteroatoms. The summed E-state index contributed by atoms with van der Waals surface area (Å²) in [4.78, 5) is 21.6. The summed E-state index contributed by atoms with van der Waals surface area (Å²) in [5.74, 6) is -1.75. The van der Waals surface area contributed by atoms with Crippen LogP contribution in [0.1, 0.15) is 19.3 Å². The molecule has 0 unspecified atom stereocenters. The van der Waals surface area contributed by atoms with Crippen LogP contribution in [0.25, 0.3) is 0 Å². The summed E-state index contributed by atoms with van der Waals surface area (Å²) in [6.45, 7) is 0.419. The van der Waals surface area contributed by atoms with Crippen LogP contribution in [0, 0.1) is 5.92 Å². The lowest BCUT2D eigenvalue weighted by Crippen LogP contribution is -2.30. The van der Waals surface area contributed by atoms with Crippen molar-refractivity contribution in [2.75, 3.05) is 6.61 Å². The molecule has 0 saturated carbocycles. The second kappa shape index (κ2) is 3.37. The van der Waals surface area contributed by atoms with Crippen LogP contribution >= 0.6 is 0 Å². The predicted molar refractivity (Wildman–Crippen MR) is 37.5 cm³/mol. The normalized spacial score (nSPS) is 25.5. The smallest absolute Gasteiger partial charge is 0.318 e. The maximum absolute atomic E-state index is 10.9. The van der Waals surface area contributed by atoms with Gasteiger partial charge in [0.25, 0.3) is 0 Å². The third-order valence-corrected chi connectivity index (χ3v) is 1.76. The molecular weight excluding hydrogens is 146 g/mol. The quantitative estimate of drug-likeness (QED) is 0.424. The standard InChI is InChI=1S/C7H11NO3/c8-6(9)5-3-1-2-4-11-7(5)10/h5H,1-4H2,(H2,8,9)/t5-/m0/s1. The van der Waals surface area contributed by atoms with Crippen LogP contribution in [0.2, 0.25) is 0 Å². The van der Waals surface area contributed by atoms with Crippen molar-refractivity contribution >= 4 is 11.9 Å². The fraction of sp³-hybridized carbons (Fsp3) is 0.714. The lowest BCUT2D eigenvalue weighted by molar-refractivity contribution is -0.150. The Morgan fingerprint density at radius 1 is 1.55 bits per heavy atom. The molecule has 0 aromatic heterocycles. The molecule has 1 heterocycles. The highest BCUT2D eigenvalue weighted by atomic mass is 16.5. The van der Waals surface area contributed by atoms with Crippen LogP contribution in [-0.4, -0.2) is 18.5 Å². The zero-order valence-electron chi connectivity index (χ0n) is 6.21. The minimum Gasteiger partial charge on any atom is -0.465 e. The number of ether oxygens (including phenoxy) is 1. The molecule has 0 spiro atoms. The summed E-state index contributed by atoms with van der Waals surface area (Å²) in [6.07, 6.45) is 2.20. The van der Waals surface area contributed by atoms with Gasteiger partial charge in [-0.3, -0.25) is 9.59 Å². The van der Waals surface area contributed by atoms with E-state index in [0.29, 0.717) is 13.0 Å². The van der Waals surface area contributed by atoms with Gasteiger partial charge in [-0.1, -0.05) is 0 Å². The van der Waals surface area contributed by atoms with Gasteiger partial charge in [0, 0.05) is 0 Å². The maximum Gasteiger partial charge on any atom is 0.318 e. The molecular formula is C7H11NO3. The molecule has 0 aromatic carbocycles. The molecule has 0 aromatic rings. The van der Waals surface area contributed by atoms with E-state index in [1.807, 2.05) is 0 Å². The molecule has 1 amide bonds. The Labute approximate surface area is 64.7 Å². The van der Waals surface area contributed by atoms with Crippen molar-refractivity contribution in [1.29, 1.82) is 0 Å². The fourth-order valence-electron chi connectivity index (χ4n) is 1.10. The van der Waals surface area contributed by atoms with Gasteiger partial charge in [-0.2, -0.15) is 0 Å². The summed E-state index contributed by atoms with van der Waals surface area (Å²) < 4.78 is 4.74. The first-order chi connectivity index (χ1) is 5.22. The van der Waals surface area contributed by atoms with Crippen LogP contribution in [-0.2, 0) is 14.3 Å². The van der Waals surface area contributed by atoms with Crippen LogP contribution in [0.5, 0.6) is 0 Å². The lowest BCUT2D eigenvalue weighted by atomic mass is 10.0. The van der Waals surface area contributed by atoms with Crippen LogP contribution in [0.3, 0.4) is 0 Å². The van der Waals surface area contributed by atoms with Crippen molar-refractivity contribution in [3.05, 3.63) is 0 Å². The van der Waals surface area contributed by atoms with Gasteiger partial charge in [0.2, 0.25) is 5.91 Å². The summed E-state index contributed by atoms with van der Waals surface area (Å²) in [7, 11) is 0. The third-order valence-electron chi connectivity index (χ3n) is 1.76. The monoisotopic (exact) mass is 157 g/mol. The number of hydrogen-bond acceptors (Lipinski definition) is 3. The van der Waals surface area contributed by atoms with Crippen molar-refractivity contribution in [2.45, 2.75) is 19.3 Å². The average Bonchev–Trinajstić information content (AvgIpc) is 2.13. The highest BCUT2D eigenvalue weighted by Crippen LogP contribution is 2.14. The van der Waals surface area contributed by atoms with E-state index in [4.69, 9.17) is 10.5 Å². The average molecular weight is 157 g/mol. The Hall–Kier alpha value is -1.06. The largest absolute Gasteiger partial charge is 0.465 e. The lowest BCUT2D eigenvalue weighted by Gasteiger charge is -2.05. The highest BCUT2D eigenvalue weighted by Gasteiger charge is 2.27. The van der Waals surface area contributed by atoms with Gasteiger partial charge in [0.05, 0.1) is 6.61 Å². The molecule has 1 atom stereocenters. The molecule has 0 aliphatic carbocycles. The Morgan fingerprint density at radius 2 is 2.27 bits per heavy atom. The molecule has 1 saturated heterocycles. The number of esters is 1. The number of hydrogen-bond donors (Lipinski definition) is 1. The first kappa shape index (κ1) is 8.04. The van der Waals surface area contributed by atoms with Gasteiger partial charge in [0.1, 0.15) is 5.92 Å². The Bertz CT molecular complexity index is 179. The van der Waals surface area contributed by atoms with Gasteiger partial charge in [-0.15, -0.1) is 0 Å². The van der Waals surface area contributed by atoms with Crippen molar-refractivity contribution in [1.82, 2.24) is 0 Å². The number of cyclic esters (lactones) is 1. The molecule has 1 rings (SSSR count). The first-order valence-electron chi connectivity index (χ1n) is 3.68. The Balaban J connectivity index is 2.59.